The van der Waals surface area contributed by atoms with E-state index in [9.17, 15) is 28.3 Å². The number of likely N-dealkylation sites (tertiary alicyclic amines) is 1. The first-order chi connectivity index (χ1) is 16.5. The van der Waals surface area contributed by atoms with Crippen LogP contribution in [0.4, 0.5) is 14.5 Å². The van der Waals surface area contributed by atoms with Gasteiger partial charge >= 0.3 is 12.6 Å². The maximum atomic E-state index is 13.7. The normalized spacial score (nSPS) is 20.4. The molecule has 1 saturated heterocycles. The van der Waals surface area contributed by atoms with Crippen molar-refractivity contribution in [3.8, 4) is 5.88 Å². The number of aromatic nitrogens is 1. The fourth-order valence-electron chi connectivity index (χ4n) is 4.65. The van der Waals surface area contributed by atoms with Gasteiger partial charge in [0.05, 0.1) is 11.8 Å². The molecule has 186 valence electrons. The van der Waals surface area contributed by atoms with Crippen LogP contribution in [-0.2, 0) is 19.8 Å². The Morgan fingerprint density at radius 1 is 1.14 bits per heavy atom. The van der Waals surface area contributed by atoms with Crippen molar-refractivity contribution in [2.45, 2.75) is 45.1 Å². The van der Waals surface area contributed by atoms with E-state index < -0.39 is 41.6 Å². The molecular weight excluding hydrogens is 460 g/mol. The fraction of sp³-hybridized carbons (Fsp3) is 0.440. The van der Waals surface area contributed by atoms with Crippen molar-refractivity contribution in [2.24, 2.45) is 11.8 Å². The summed E-state index contributed by atoms with van der Waals surface area (Å²) in [5, 5.41) is 11.9. The molecule has 1 aromatic carbocycles. The number of rotatable bonds is 8. The minimum Gasteiger partial charge on any atom is -0.481 e. The third kappa shape index (κ3) is 4.69. The molecule has 2 amide bonds. The second-order valence-electron chi connectivity index (χ2n) is 9.44. The Bertz CT molecular complexity index is 1160. The molecule has 0 bridgehead atoms. The van der Waals surface area contributed by atoms with Crippen molar-refractivity contribution in [3.63, 3.8) is 0 Å². The van der Waals surface area contributed by atoms with Crippen LogP contribution in [0.15, 0.2) is 36.4 Å². The minimum atomic E-state index is -3.12. The van der Waals surface area contributed by atoms with E-state index in [4.69, 9.17) is 0 Å². The van der Waals surface area contributed by atoms with Crippen LogP contribution in [-0.4, -0.2) is 52.5 Å². The zero-order valence-corrected chi connectivity index (χ0v) is 19.6. The Kier molecular flexibility index (Phi) is 6.48. The average Bonchev–Trinajstić information content (AvgIpc) is 3.56. The van der Waals surface area contributed by atoms with Crippen molar-refractivity contribution >= 4 is 23.5 Å². The molecule has 2 heterocycles. The number of benzene rings is 1. The molecule has 2 aromatic rings. The molecule has 1 aromatic heterocycles. The first-order valence-corrected chi connectivity index (χ1v) is 11.4. The number of alkyl halides is 2. The van der Waals surface area contributed by atoms with E-state index in [-0.39, 0.29) is 37.0 Å². The van der Waals surface area contributed by atoms with Gasteiger partial charge in [-0.05, 0) is 42.5 Å². The van der Waals surface area contributed by atoms with Gasteiger partial charge in [0.2, 0.25) is 17.7 Å². The Hall–Kier alpha value is -3.56. The summed E-state index contributed by atoms with van der Waals surface area (Å²) in [5.74, 6) is -3.36. The Labute approximate surface area is 201 Å². The number of carboxylic acids is 1. The van der Waals surface area contributed by atoms with Gasteiger partial charge in [-0.15, -0.1) is 0 Å². The maximum absolute atomic E-state index is 13.7. The number of anilines is 1. The average molecular weight is 488 g/mol. The highest BCUT2D eigenvalue weighted by molar-refractivity contribution is 6.03. The van der Waals surface area contributed by atoms with Crippen LogP contribution >= 0.6 is 0 Å². The first kappa shape index (κ1) is 24.6. The van der Waals surface area contributed by atoms with E-state index >= 15 is 0 Å². The summed E-state index contributed by atoms with van der Waals surface area (Å²) in [4.78, 5) is 43.3. The molecular formula is C25H27F2N3O5. The minimum absolute atomic E-state index is 0.000198. The molecule has 10 heteroatoms. The number of aryl methyl sites for hydroxylation is 1. The Morgan fingerprint density at radius 3 is 2.43 bits per heavy atom. The van der Waals surface area contributed by atoms with Crippen LogP contribution in [0.2, 0.25) is 0 Å². The third-order valence-electron chi connectivity index (χ3n) is 6.64. The number of amides is 2. The molecule has 1 aliphatic carbocycles. The molecule has 35 heavy (non-hydrogen) atoms. The summed E-state index contributed by atoms with van der Waals surface area (Å²) in [5.41, 5.74) is 0.961. The molecule has 1 aliphatic heterocycles. The van der Waals surface area contributed by atoms with Gasteiger partial charge in [0.25, 0.3) is 0 Å². The van der Waals surface area contributed by atoms with Gasteiger partial charge in [0.1, 0.15) is 11.1 Å². The molecule has 0 radical (unpaired) electrons. The lowest BCUT2D eigenvalue weighted by molar-refractivity contribution is -0.148. The fourth-order valence-corrected chi connectivity index (χ4v) is 4.65. The number of carboxylic acid groups (broad SMARTS) is 1. The zero-order valence-electron chi connectivity index (χ0n) is 19.6. The monoisotopic (exact) mass is 487 g/mol. The van der Waals surface area contributed by atoms with Crippen LogP contribution < -0.4 is 10.1 Å². The van der Waals surface area contributed by atoms with Gasteiger partial charge < -0.3 is 20.1 Å². The highest BCUT2D eigenvalue weighted by Gasteiger charge is 2.58. The highest BCUT2D eigenvalue weighted by Crippen LogP contribution is 2.45. The van der Waals surface area contributed by atoms with Crippen molar-refractivity contribution < 1.29 is 33.0 Å². The van der Waals surface area contributed by atoms with E-state index in [1.807, 2.05) is 32.0 Å². The second-order valence-corrected chi connectivity index (χ2v) is 9.44. The summed E-state index contributed by atoms with van der Waals surface area (Å²) in [6.07, 6.45) is 0.288. The van der Waals surface area contributed by atoms with Gasteiger partial charge in [0.15, 0.2) is 0 Å². The SMILES string of the molecule is Cc1ccc(NC(=O)C2(c3ccccc3C(C)C)CN(C(=O)C3C[C@@H]3C(=O)O)C2)c(OC(F)F)n1. The lowest BCUT2D eigenvalue weighted by Gasteiger charge is -2.50. The molecule has 4 rings (SSSR count). The highest BCUT2D eigenvalue weighted by atomic mass is 19.3. The van der Waals surface area contributed by atoms with E-state index in [1.165, 1.54) is 11.0 Å². The van der Waals surface area contributed by atoms with Gasteiger partial charge in [0, 0.05) is 18.8 Å². The van der Waals surface area contributed by atoms with E-state index in [1.54, 1.807) is 19.1 Å². The third-order valence-corrected chi connectivity index (χ3v) is 6.64. The molecule has 0 spiro atoms. The number of hydrogen-bond acceptors (Lipinski definition) is 5. The van der Waals surface area contributed by atoms with Crippen molar-refractivity contribution in [3.05, 3.63) is 53.2 Å². The number of nitrogens with one attached hydrogen (secondary N) is 1. The summed E-state index contributed by atoms with van der Waals surface area (Å²) in [7, 11) is 0. The molecule has 2 aliphatic rings. The van der Waals surface area contributed by atoms with Crippen LogP contribution in [0.1, 0.15) is 43.0 Å². The summed E-state index contributed by atoms with van der Waals surface area (Å²) >= 11 is 0. The van der Waals surface area contributed by atoms with E-state index in [2.05, 4.69) is 15.0 Å². The van der Waals surface area contributed by atoms with Gasteiger partial charge in [-0.1, -0.05) is 38.1 Å². The Morgan fingerprint density at radius 2 is 1.83 bits per heavy atom. The zero-order chi connectivity index (χ0) is 25.5. The summed E-state index contributed by atoms with van der Waals surface area (Å²) < 4.78 is 30.4. The standard InChI is InChI=1S/C25H27F2N3O5/c1-13(2)15-6-4-5-7-18(15)25(11-30(12-25)21(31)16-10-17(16)22(32)33)23(34)29-19-9-8-14(3)28-20(19)35-24(26)27/h4-9,13,16-17,24H,10-12H2,1-3H3,(H,29,34)(H,32,33)/t16?,17-/m0/s1. The van der Waals surface area contributed by atoms with Crippen molar-refractivity contribution in [1.82, 2.24) is 9.88 Å². The molecule has 8 nitrogen and oxygen atoms in total. The topological polar surface area (TPSA) is 109 Å². The lowest BCUT2D eigenvalue weighted by atomic mass is 9.69. The van der Waals surface area contributed by atoms with Gasteiger partial charge in [-0.3, -0.25) is 14.4 Å². The number of ether oxygens (including phenoxy) is 1. The maximum Gasteiger partial charge on any atom is 0.388 e. The van der Waals surface area contributed by atoms with Gasteiger partial charge in [-0.25, -0.2) is 4.98 Å². The number of halogens is 2. The molecule has 2 fully saturated rings. The Balaban J connectivity index is 1.65. The van der Waals surface area contributed by atoms with E-state index in [0.29, 0.717) is 5.69 Å². The van der Waals surface area contributed by atoms with Crippen molar-refractivity contribution in [1.29, 1.82) is 0 Å². The number of pyridine rings is 1. The quantitative estimate of drug-likeness (QED) is 0.590. The predicted molar refractivity (Wildman–Crippen MR) is 122 cm³/mol. The largest absolute Gasteiger partial charge is 0.481 e. The van der Waals surface area contributed by atoms with Crippen LogP contribution in [0.3, 0.4) is 0 Å². The van der Waals surface area contributed by atoms with Crippen LogP contribution in [0.5, 0.6) is 5.88 Å². The van der Waals surface area contributed by atoms with E-state index in [0.717, 1.165) is 11.1 Å². The summed E-state index contributed by atoms with van der Waals surface area (Å²) in [6, 6.07) is 10.4. The lowest BCUT2D eigenvalue weighted by Crippen LogP contribution is -2.67. The predicted octanol–water partition coefficient (Wildman–Crippen LogP) is 3.55. The molecule has 2 atom stereocenters. The smallest absolute Gasteiger partial charge is 0.388 e. The van der Waals surface area contributed by atoms with Crippen molar-refractivity contribution in [2.75, 3.05) is 18.4 Å². The van der Waals surface area contributed by atoms with Crippen LogP contribution in [0.25, 0.3) is 0 Å². The van der Waals surface area contributed by atoms with Crippen LogP contribution in [0, 0.1) is 18.8 Å². The molecule has 2 N–H and O–H groups in total. The molecule has 1 saturated carbocycles. The number of hydrogen-bond donors (Lipinski definition) is 2. The number of carbonyl (C=O) groups is 3. The first-order valence-electron chi connectivity index (χ1n) is 11.4. The number of carbonyl (C=O) groups excluding carboxylic acids is 2. The number of nitrogens with zero attached hydrogens (tertiary/aromatic N) is 2. The van der Waals surface area contributed by atoms with Gasteiger partial charge in [-0.2, -0.15) is 8.78 Å². The number of aliphatic carboxylic acids is 1. The second kappa shape index (κ2) is 9.24. The molecule has 1 unspecified atom stereocenters. The summed E-state index contributed by atoms with van der Waals surface area (Å²) in [6.45, 7) is 2.58.